The van der Waals surface area contributed by atoms with Gasteiger partial charge in [0.2, 0.25) is 10.0 Å². The Morgan fingerprint density at radius 1 is 1.14 bits per heavy atom. The lowest BCUT2D eigenvalue weighted by Crippen LogP contribution is -2.35. The van der Waals surface area contributed by atoms with Gasteiger partial charge in [0.05, 0.1) is 16.4 Å². The van der Waals surface area contributed by atoms with Crippen LogP contribution in [0.4, 0.5) is 11.4 Å². The number of nitro benzene ring substituents is 1. The summed E-state index contributed by atoms with van der Waals surface area (Å²) in [4.78, 5) is 10.9. The second kappa shape index (κ2) is 7.88. The summed E-state index contributed by atoms with van der Waals surface area (Å²) in [5, 5.41) is 14.5. The minimum absolute atomic E-state index is 0.0668. The number of para-hydroxylation sites is 2. The van der Waals surface area contributed by atoms with E-state index in [4.69, 9.17) is 9.47 Å². The van der Waals surface area contributed by atoms with Crippen molar-refractivity contribution in [2.24, 2.45) is 0 Å². The highest BCUT2D eigenvalue weighted by Crippen LogP contribution is 2.32. The maximum Gasteiger partial charge on any atom is 0.293 e. The van der Waals surface area contributed by atoms with Gasteiger partial charge < -0.3 is 14.8 Å². The van der Waals surface area contributed by atoms with Gasteiger partial charge in [0.25, 0.3) is 5.69 Å². The summed E-state index contributed by atoms with van der Waals surface area (Å²) in [6, 6.07) is 11.2. The molecule has 4 rings (SSSR count). The molecule has 10 heteroatoms. The standard InChI is InChI=1S/C19H21N3O6S/c23-22(24)17-11-15(29(25,26)21-9-3-4-10-21)7-8-16(17)20-12-14-13-27-18-5-1-2-6-19(18)28-14/h1-2,5-8,11,14,20H,3-4,9-10,12-13H2. The van der Waals surface area contributed by atoms with Crippen LogP contribution < -0.4 is 14.8 Å². The Hall–Kier alpha value is -2.85. The molecule has 0 spiro atoms. The average Bonchev–Trinajstić information content (AvgIpc) is 3.27. The minimum Gasteiger partial charge on any atom is -0.486 e. The highest BCUT2D eigenvalue weighted by atomic mass is 32.2. The third-order valence-corrected chi connectivity index (χ3v) is 6.85. The predicted molar refractivity (Wildman–Crippen MR) is 106 cm³/mol. The lowest BCUT2D eigenvalue weighted by Gasteiger charge is -2.26. The summed E-state index contributed by atoms with van der Waals surface area (Å²) < 4.78 is 38.2. The van der Waals surface area contributed by atoms with Gasteiger partial charge in [-0.05, 0) is 37.1 Å². The first kappa shape index (κ1) is 19.5. The van der Waals surface area contributed by atoms with Crippen molar-refractivity contribution in [2.45, 2.75) is 23.8 Å². The van der Waals surface area contributed by atoms with Gasteiger partial charge in [-0.3, -0.25) is 10.1 Å². The number of nitro groups is 1. The largest absolute Gasteiger partial charge is 0.486 e. The molecule has 29 heavy (non-hydrogen) atoms. The van der Waals surface area contributed by atoms with Crippen LogP contribution in [-0.2, 0) is 10.0 Å². The van der Waals surface area contributed by atoms with E-state index in [9.17, 15) is 18.5 Å². The lowest BCUT2D eigenvalue weighted by atomic mass is 10.2. The van der Waals surface area contributed by atoms with Crippen LogP contribution >= 0.6 is 0 Å². The van der Waals surface area contributed by atoms with Crippen LogP contribution in [0.5, 0.6) is 11.5 Å². The summed E-state index contributed by atoms with van der Waals surface area (Å²) >= 11 is 0. The molecule has 1 atom stereocenters. The number of hydrogen-bond acceptors (Lipinski definition) is 7. The molecule has 2 aromatic carbocycles. The molecular formula is C19H21N3O6S. The van der Waals surface area contributed by atoms with Crippen LogP contribution in [0.1, 0.15) is 12.8 Å². The molecule has 1 unspecified atom stereocenters. The molecule has 2 aromatic rings. The van der Waals surface area contributed by atoms with Crippen LogP contribution in [-0.4, -0.2) is 50.0 Å². The Morgan fingerprint density at radius 3 is 2.59 bits per heavy atom. The van der Waals surface area contributed by atoms with E-state index in [0.717, 1.165) is 18.9 Å². The van der Waals surface area contributed by atoms with E-state index in [2.05, 4.69) is 5.32 Å². The number of anilines is 1. The topological polar surface area (TPSA) is 111 Å². The van der Waals surface area contributed by atoms with E-state index in [1.165, 1.54) is 16.4 Å². The quantitative estimate of drug-likeness (QED) is 0.566. The third kappa shape index (κ3) is 3.99. The first-order valence-corrected chi connectivity index (χ1v) is 10.8. The zero-order chi connectivity index (χ0) is 20.4. The Bertz CT molecular complexity index is 1020. The maximum absolute atomic E-state index is 12.7. The van der Waals surface area contributed by atoms with Crippen molar-refractivity contribution in [3.05, 3.63) is 52.6 Å². The Kier molecular flexibility index (Phi) is 5.29. The fraction of sp³-hybridized carbons (Fsp3) is 0.368. The van der Waals surface area contributed by atoms with Crippen LogP contribution in [0.3, 0.4) is 0 Å². The summed E-state index contributed by atoms with van der Waals surface area (Å²) in [6.45, 7) is 1.46. The predicted octanol–water partition coefficient (Wildman–Crippen LogP) is 2.63. The van der Waals surface area contributed by atoms with Gasteiger partial charge in [0.1, 0.15) is 18.4 Å². The summed E-state index contributed by atoms with van der Waals surface area (Å²) in [7, 11) is -3.72. The molecule has 0 bridgehead atoms. The molecule has 0 aliphatic carbocycles. The summed E-state index contributed by atoms with van der Waals surface area (Å²) in [6.07, 6.45) is 1.26. The zero-order valence-corrected chi connectivity index (χ0v) is 16.4. The summed E-state index contributed by atoms with van der Waals surface area (Å²) in [5.74, 6) is 1.28. The monoisotopic (exact) mass is 419 g/mol. The molecule has 1 saturated heterocycles. The van der Waals surface area contributed by atoms with Crippen molar-refractivity contribution < 1.29 is 22.8 Å². The van der Waals surface area contributed by atoms with Gasteiger partial charge in [-0.2, -0.15) is 4.31 Å². The van der Waals surface area contributed by atoms with Gasteiger partial charge in [0.15, 0.2) is 11.5 Å². The van der Waals surface area contributed by atoms with Gasteiger partial charge in [0, 0.05) is 19.2 Å². The van der Waals surface area contributed by atoms with Crippen molar-refractivity contribution in [3.63, 3.8) is 0 Å². The van der Waals surface area contributed by atoms with Crippen molar-refractivity contribution in [1.29, 1.82) is 0 Å². The Morgan fingerprint density at radius 2 is 1.86 bits per heavy atom. The molecule has 0 saturated carbocycles. The number of fused-ring (bicyclic) bond motifs is 1. The third-order valence-electron chi connectivity index (χ3n) is 4.96. The Balaban J connectivity index is 1.50. The normalized spacial score (nSPS) is 19.1. The van der Waals surface area contributed by atoms with E-state index >= 15 is 0 Å². The Labute approximate surface area is 168 Å². The molecule has 154 valence electrons. The SMILES string of the molecule is O=[N+]([O-])c1cc(S(=O)(=O)N2CCCC2)ccc1NCC1COc2ccccc2O1. The van der Waals surface area contributed by atoms with Crippen molar-refractivity contribution in [1.82, 2.24) is 4.31 Å². The van der Waals surface area contributed by atoms with Gasteiger partial charge in [-0.1, -0.05) is 12.1 Å². The molecule has 0 aromatic heterocycles. The van der Waals surface area contributed by atoms with Crippen molar-refractivity contribution in [2.75, 3.05) is 31.6 Å². The van der Waals surface area contributed by atoms with E-state index in [1.54, 1.807) is 6.07 Å². The van der Waals surface area contributed by atoms with Crippen LogP contribution in [0, 0.1) is 10.1 Å². The molecule has 0 radical (unpaired) electrons. The number of nitrogens with one attached hydrogen (secondary N) is 1. The van der Waals surface area contributed by atoms with E-state index < -0.39 is 14.9 Å². The van der Waals surface area contributed by atoms with Crippen LogP contribution in [0.15, 0.2) is 47.4 Å². The fourth-order valence-corrected chi connectivity index (χ4v) is 4.98. The number of benzene rings is 2. The molecule has 1 fully saturated rings. The number of nitrogens with zero attached hydrogens (tertiary/aromatic N) is 2. The number of hydrogen-bond donors (Lipinski definition) is 1. The summed E-state index contributed by atoms with van der Waals surface area (Å²) in [5.41, 5.74) is -0.0553. The second-order valence-corrected chi connectivity index (χ2v) is 8.86. The van der Waals surface area contributed by atoms with Crippen molar-refractivity contribution in [3.8, 4) is 11.5 Å². The average molecular weight is 419 g/mol. The van der Waals surface area contributed by atoms with Crippen LogP contribution in [0.2, 0.25) is 0 Å². The fourth-order valence-electron chi connectivity index (χ4n) is 3.44. The van der Waals surface area contributed by atoms with E-state index in [0.29, 0.717) is 31.2 Å². The van der Waals surface area contributed by atoms with Gasteiger partial charge >= 0.3 is 0 Å². The van der Waals surface area contributed by atoms with Crippen molar-refractivity contribution >= 4 is 21.4 Å². The maximum atomic E-state index is 12.7. The number of rotatable bonds is 6. The lowest BCUT2D eigenvalue weighted by molar-refractivity contribution is -0.384. The molecule has 2 aliphatic heterocycles. The highest BCUT2D eigenvalue weighted by Gasteiger charge is 2.30. The molecule has 0 amide bonds. The molecule has 9 nitrogen and oxygen atoms in total. The smallest absolute Gasteiger partial charge is 0.293 e. The zero-order valence-electron chi connectivity index (χ0n) is 15.6. The minimum atomic E-state index is -3.72. The molecular weight excluding hydrogens is 398 g/mol. The first-order chi connectivity index (χ1) is 13.9. The second-order valence-electron chi connectivity index (χ2n) is 6.93. The van der Waals surface area contributed by atoms with Gasteiger partial charge in [-0.25, -0.2) is 8.42 Å². The number of sulfonamides is 1. The van der Waals surface area contributed by atoms with E-state index in [1.807, 2.05) is 18.2 Å². The molecule has 2 aliphatic rings. The first-order valence-electron chi connectivity index (χ1n) is 9.36. The molecule has 2 heterocycles. The van der Waals surface area contributed by atoms with Gasteiger partial charge in [-0.15, -0.1) is 0 Å². The van der Waals surface area contributed by atoms with Crippen LogP contribution in [0.25, 0.3) is 0 Å². The molecule has 1 N–H and O–H groups in total. The van der Waals surface area contributed by atoms with E-state index in [-0.39, 0.29) is 28.9 Å². The highest BCUT2D eigenvalue weighted by molar-refractivity contribution is 7.89. The number of ether oxygens (including phenoxy) is 2.